The van der Waals surface area contributed by atoms with Gasteiger partial charge < -0.3 is 10.0 Å². The topological polar surface area (TPSA) is 40.5 Å². The van der Waals surface area contributed by atoms with E-state index in [1.54, 1.807) is 6.07 Å². The molecule has 0 spiro atoms. The van der Waals surface area contributed by atoms with Crippen molar-refractivity contribution in [1.29, 1.82) is 0 Å². The maximum Gasteiger partial charge on any atom is 0.345 e. The minimum Gasteiger partial charge on any atom is -0.477 e. The molecule has 2 aromatic rings. The van der Waals surface area contributed by atoms with Crippen LogP contribution in [-0.4, -0.2) is 17.6 Å². The van der Waals surface area contributed by atoms with Crippen LogP contribution >= 0.6 is 11.3 Å². The zero-order chi connectivity index (χ0) is 14.7. The Hall–Kier alpha value is -1.81. The van der Waals surface area contributed by atoms with E-state index in [9.17, 15) is 4.79 Å². The molecule has 0 unspecified atom stereocenters. The largest absolute Gasteiger partial charge is 0.477 e. The first-order valence-corrected chi connectivity index (χ1v) is 7.47. The van der Waals surface area contributed by atoms with Crippen molar-refractivity contribution in [3.05, 3.63) is 51.2 Å². The average molecular weight is 289 g/mol. The van der Waals surface area contributed by atoms with Crippen LogP contribution in [0, 0.1) is 13.8 Å². The van der Waals surface area contributed by atoms with Crippen molar-refractivity contribution < 1.29 is 9.90 Å². The summed E-state index contributed by atoms with van der Waals surface area (Å²) >= 11 is 1.35. The van der Waals surface area contributed by atoms with Gasteiger partial charge in [0.2, 0.25) is 0 Å². The second-order valence-electron chi connectivity index (χ2n) is 4.85. The Labute approximate surface area is 123 Å². The van der Waals surface area contributed by atoms with Gasteiger partial charge in [0.15, 0.2) is 0 Å². The van der Waals surface area contributed by atoms with E-state index in [0.29, 0.717) is 4.88 Å². The van der Waals surface area contributed by atoms with E-state index in [1.807, 2.05) is 6.92 Å². The Morgan fingerprint density at radius 3 is 2.60 bits per heavy atom. The molecule has 106 valence electrons. The molecule has 1 aromatic heterocycles. The van der Waals surface area contributed by atoms with Crippen LogP contribution in [0.4, 0.5) is 5.69 Å². The van der Waals surface area contributed by atoms with Crippen molar-refractivity contribution in [2.45, 2.75) is 27.3 Å². The molecule has 0 atom stereocenters. The maximum atomic E-state index is 11.0. The highest BCUT2D eigenvalue weighted by molar-refractivity contribution is 7.14. The quantitative estimate of drug-likeness (QED) is 0.901. The molecule has 0 amide bonds. The predicted molar refractivity (Wildman–Crippen MR) is 83.9 cm³/mol. The molecule has 1 heterocycles. The molecule has 0 radical (unpaired) electrons. The highest BCUT2D eigenvalue weighted by Crippen LogP contribution is 2.25. The Morgan fingerprint density at radius 1 is 1.30 bits per heavy atom. The highest BCUT2D eigenvalue weighted by Gasteiger charge is 2.13. The van der Waals surface area contributed by atoms with Gasteiger partial charge in [-0.3, -0.25) is 0 Å². The van der Waals surface area contributed by atoms with Crippen LogP contribution in [0.5, 0.6) is 0 Å². The lowest BCUT2D eigenvalue weighted by Gasteiger charge is -2.23. The minimum atomic E-state index is -0.844. The van der Waals surface area contributed by atoms with Gasteiger partial charge in [-0.05, 0) is 50.1 Å². The number of carbonyl (C=O) groups is 1. The molecule has 0 fully saturated rings. The summed E-state index contributed by atoms with van der Waals surface area (Å²) in [5, 5.41) is 9.06. The number of aromatic carboxylic acids is 1. The Kier molecular flexibility index (Phi) is 4.45. The number of carboxylic acid groups (broad SMARTS) is 1. The third kappa shape index (κ3) is 3.20. The summed E-state index contributed by atoms with van der Waals surface area (Å²) in [5.74, 6) is -0.844. The van der Waals surface area contributed by atoms with Crippen LogP contribution in [0.3, 0.4) is 0 Å². The molecule has 1 N–H and O–H groups in total. The summed E-state index contributed by atoms with van der Waals surface area (Å²) in [4.78, 5) is 14.8. The number of rotatable bonds is 5. The van der Waals surface area contributed by atoms with Gasteiger partial charge in [-0.2, -0.15) is 0 Å². The number of nitrogens with zero attached hydrogens (tertiary/aromatic N) is 1. The summed E-state index contributed by atoms with van der Waals surface area (Å²) in [5.41, 5.74) is 3.50. The summed E-state index contributed by atoms with van der Waals surface area (Å²) in [6.45, 7) is 7.81. The van der Waals surface area contributed by atoms with Crippen LogP contribution in [-0.2, 0) is 6.54 Å². The number of hydrogen-bond donors (Lipinski definition) is 1. The SMILES string of the molecule is CCN(Cc1cc(C(=O)O)sc1C)c1cccc(C)c1. The summed E-state index contributed by atoms with van der Waals surface area (Å²) < 4.78 is 0. The molecule has 1 aromatic carbocycles. The maximum absolute atomic E-state index is 11.0. The van der Waals surface area contributed by atoms with Gasteiger partial charge in [-0.1, -0.05) is 12.1 Å². The zero-order valence-electron chi connectivity index (χ0n) is 12.0. The first-order chi connectivity index (χ1) is 9.51. The molecule has 0 aliphatic rings. The van der Waals surface area contributed by atoms with Gasteiger partial charge in [0.25, 0.3) is 0 Å². The Bertz CT molecular complexity index is 619. The van der Waals surface area contributed by atoms with E-state index in [2.05, 4.69) is 43.0 Å². The third-order valence-corrected chi connectivity index (χ3v) is 4.42. The number of thiophene rings is 1. The molecule has 0 saturated heterocycles. The van der Waals surface area contributed by atoms with Crippen LogP contribution in [0.2, 0.25) is 0 Å². The van der Waals surface area contributed by atoms with E-state index in [4.69, 9.17) is 5.11 Å². The first-order valence-electron chi connectivity index (χ1n) is 6.65. The lowest BCUT2D eigenvalue weighted by Crippen LogP contribution is -2.22. The number of carboxylic acids is 1. The van der Waals surface area contributed by atoms with Gasteiger partial charge >= 0.3 is 5.97 Å². The standard InChI is InChI=1S/C16H19NO2S/c1-4-17(14-7-5-6-11(2)8-14)10-13-9-15(16(18)19)20-12(13)3/h5-9H,4,10H2,1-3H3,(H,18,19). The second kappa shape index (κ2) is 6.09. The van der Waals surface area contributed by atoms with E-state index in [0.717, 1.165) is 23.5 Å². The van der Waals surface area contributed by atoms with Crippen LogP contribution < -0.4 is 4.90 Å². The van der Waals surface area contributed by atoms with Crippen molar-refractivity contribution in [3.63, 3.8) is 0 Å². The normalized spacial score (nSPS) is 10.6. The fourth-order valence-corrected chi connectivity index (χ4v) is 3.07. The molecule has 0 aliphatic carbocycles. The molecule has 4 heteroatoms. The monoisotopic (exact) mass is 289 g/mol. The lowest BCUT2D eigenvalue weighted by atomic mass is 10.1. The second-order valence-corrected chi connectivity index (χ2v) is 6.11. The molecule has 3 nitrogen and oxygen atoms in total. The van der Waals surface area contributed by atoms with E-state index < -0.39 is 5.97 Å². The predicted octanol–water partition coefficient (Wildman–Crippen LogP) is 4.09. The number of aryl methyl sites for hydroxylation is 2. The van der Waals surface area contributed by atoms with Gasteiger partial charge in [0.05, 0.1) is 0 Å². The first kappa shape index (κ1) is 14.6. The van der Waals surface area contributed by atoms with Crippen molar-refractivity contribution in [3.8, 4) is 0 Å². The van der Waals surface area contributed by atoms with Gasteiger partial charge in [0, 0.05) is 23.7 Å². The van der Waals surface area contributed by atoms with Gasteiger partial charge in [-0.25, -0.2) is 4.79 Å². The van der Waals surface area contributed by atoms with Crippen molar-refractivity contribution in [2.24, 2.45) is 0 Å². The van der Waals surface area contributed by atoms with Crippen LogP contribution in [0.15, 0.2) is 30.3 Å². The fourth-order valence-electron chi connectivity index (χ4n) is 2.20. The Balaban J connectivity index is 2.24. The van der Waals surface area contributed by atoms with Crippen LogP contribution in [0.25, 0.3) is 0 Å². The Morgan fingerprint density at radius 2 is 2.05 bits per heavy atom. The molecular formula is C16H19NO2S. The minimum absolute atomic E-state index is 0.415. The van der Waals surface area contributed by atoms with Crippen LogP contribution in [0.1, 0.15) is 32.6 Å². The van der Waals surface area contributed by atoms with E-state index in [1.165, 1.54) is 22.6 Å². The van der Waals surface area contributed by atoms with Crippen molar-refractivity contribution in [2.75, 3.05) is 11.4 Å². The molecular weight excluding hydrogens is 270 g/mol. The molecule has 0 saturated carbocycles. The van der Waals surface area contributed by atoms with E-state index >= 15 is 0 Å². The van der Waals surface area contributed by atoms with Gasteiger partial charge in [-0.15, -0.1) is 11.3 Å². The van der Waals surface area contributed by atoms with Crippen molar-refractivity contribution in [1.82, 2.24) is 0 Å². The average Bonchev–Trinajstić information content (AvgIpc) is 2.77. The smallest absolute Gasteiger partial charge is 0.345 e. The van der Waals surface area contributed by atoms with Crippen molar-refractivity contribution >= 4 is 23.0 Å². The fraction of sp³-hybridized carbons (Fsp3) is 0.312. The number of hydrogen-bond acceptors (Lipinski definition) is 3. The number of anilines is 1. The summed E-state index contributed by atoms with van der Waals surface area (Å²) in [6.07, 6.45) is 0. The third-order valence-electron chi connectivity index (χ3n) is 3.34. The van der Waals surface area contributed by atoms with E-state index in [-0.39, 0.29) is 0 Å². The molecule has 2 rings (SSSR count). The lowest BCUT2D eigenvalue weighted by molar-refractivity contribution is 0.0702. The number of benzene rings is 1. The molecule has 0 bridgehead atoms. The van der Waals surface area contributed by atoms with Gasteiger partial charge in [0.1, 0.15) is 4.88 Å². The summed E-state index contributed by atoms with van der Waals surface area (Å²) in [7, 11) is 0. The summed E-state index contributed by atoms with van der Waals surface area (Å²) in [6, 6.07) is 10.2. The highest BCUT2D eigenvalue weighted by atomic mass is 32.1. The molecule has 20 heavy (non-hydrogen) atoms. The molecule has 0 aliphatic heterocycles. The zero-order valence-corrected chi connectivity index (χ0v) is 12.8.